The summed E-state index contributed by atoms with van der Waals surface area (Å²) in [4.78, 5) is 0. The van der Waals surface area contributed by atoms with Crippen LogP contribution in [-0.2, 0) is 5.92 Å². The molecule has 1 rings (SSSR count). The molecular weight excluding hydrogens is 226 g/mol. The van der Waals surface area contributed by atoms with E-state index >= 15 is 0 Å². The van der Waals surface area contributed by atoms with Crippen LogP contribution >= 0.6 is 15.9 Å². The van der Waals surface area contributed by atoms with E-state index in [4.69, 9.17) is 0 Å². The van der Waals surface area contributed by atoms with Crippen LogP contribution in [-0.4, -0.2) is 0 Å². The van der Waals surface area contributed by atoms with Gasteiger partial charge in [-0.3, -0.25) is 0 Å². The molecule has 0 fully saturated rings. The molecule has 1 aromatic carbocycles. The van der Waals surface area contributed by atoms with E-state index < -0.39 is 5.92 Å². The number of hydrogen-bond acceptors (Lipinski definition) is 0. The highest BCUT2D eigenvalue weighted by molar-refractivity contribution is 9.10. The van der Waals surface area contributed by atoms with E-state index in [-0.39, 0.29) is 5.56 Å². The topological polar surface area (TPSA) is 0 Å². The van der Waals surface area contributed by atoms with Crippen LogP contribution in [0.2, 0.25) is 0 Å². The largest absolute Gasteiger partial charge is 0.270 e. The van der Waals surface area contributed by atoms with Crippen molar-refractivity contribution in [2.75, 3.05) is 0 Å². The quantitative estimate of drug-likeness (QED) is 0.693. The SMILES string of the molecule is Cc1cc(Br)cc(C(C)(F)F)c1. The van der Waals surface area contributed by atoms with E-state index in [2.05, 4.69) is 15.9 Å². The van der Waals surface area contributed by atoms with Crippen molar-refractivity contribution in [2.24, 2.45) is 0 Å². The Bertz CT molecular complexity index is 269. The van der Waals surface area contributed by atoms with Crippen LogP contribution in [0.25, 0.3) is 0 Å². The molecule has 3 heteroatoms. The predicted octanol–water partition coefficient (Wildman–Crippen LogP) is 3.87. The normalized spacial score (nSPS) is 11.8. The molecule has 0 saturated carbocycles. The van der Waals surface area contributed by atoms with Gasteiger partial charge in [0.2, 0.25) is 0 Å². The smallest absolute Gasteiger partial charge is 0.202 e. The second-order valence-electron chi connectivity index (χ2n) is 2.91. The Morgan fingerprint density at radius 3 is 2.25 bits per heavy atom. The summed E-state index contributed by atoms with van der Waals surface area (Å²) in [7, 11) is 0. The molecule has 66 valence electrons. The summed E-state index contributed by atoms with van der Waals surface area (Å²) in [5.41, 5.74) is 0.885. The number of hydrogen-bond donors (Lipinski definition) is 0. The Hall–Kier alpha value is -0.440. The molecule has 0 spiro atoms. The van der Waals surface area contributed by atoms with Crippen molar-refractivity contribution in [1.82, 2.24) is 0 Å². The number of halogens is 3. The fourth-order valence-corrected chi connectivity index (χ4v) is 1.60. The molecule has 0 bridgehead atoms. The average Bonchev–Trinajstić information content (AvgIpc) is 1.82. The van der Waals surface area contributed by atoms with E-state index in [1.807, 2.05) is 0 Å². The average molecular weight is 235 g/mol. The van der Waals surface area contributed by atoms with Crippen molar-refractivity contribution < 1.29 is 8.78 Å². The molecule has 0 aliphatic carbocycles. The Balaban J connectivity index is 3.18. The molecule has 0 saturated heterocycles. The molecule has 0 aliphatic rings. The summed E-state index contributed by atoms with van der Waals surface area (Å²) in [5.74, 6) is -2.76. The number of aryl methyl sites for hydroxylation is 1. The Kier molecular flexibility index (Phi) is 2.52. The molecule has 0 radical (unpaired) electrons. The van der Waals surface area contributed by atoms with Crippen molar-refractivity contribution in [3.05, 3.63) is 33.8 Å². The third-order valence-corrected chi connectivity index (χ3v) is 2.01. The maximum Gasteiger partial charge on any atom is 0.270 e. The van der Waals surface area contributed by atoms with Crippen LogP contribution in [0.5, 0.6) is 0 Å². The lowest BCUT2D eigenvalue weighted by atomic mass is 10.1. The standard InChI is InChI=1S/C9H9BrF2/c1-6-3-7(9(2,11)12)5-8(10)4-6/h3-5H,1-2H3. The van der Waals surface area contributed by atoms with E-state index in [1.54, 1.807) is 13.0 Å². The number of benzene rings is 1. The summed E-state index contributed by atoms with van der Waals surface area (Å²) in [5, 5.41) is 0. The summed E-state index contributed by atoms with van der Waals surface area (Å²) in [6.07, 6.45) is 0. The third kappa shape index (κ3) is 2.27. The summed E-state index contributed by atoms with van der Waals surface area (Å²) in [6.45, 7) is 2.69. The summed E-state index contributed by atoms with van der Waals surface area (Å²) in [6, 6.07) is 4.73. The molecule has 0 nitrogen and oxygen atoms in total. The molecule has 0 aromatic heterocycles. The predicted molar refractivity (Wildman–Crippen MR) is 48.4 cm³/mol. The minimum Gasteiger partial charge on any atom is -0.202 e. The monoisotopic (exact) mass is 234 g/mol. The van der Waals surface area contributed by atoms with Crippen LogP contribution in [0.4, 0.5) is 8.78 Å². The molecule has 0 N–H and O–H groups in total. The molecular formula is C9H9BrF2. The van der Waals surface area contributed by atoms with Gasteiger partial charge in [0.05, 0.1) is 0 Å². The van der Waals surface area contributed by atoms with Gasteiger partial charge in [-0.1, -0.05) is 22.0 Å². The number of rotatable bonds is 1. The lowest BCUT2D eigenvalue weighted by Gasteiger charge is -2.11. The minimum atomic E-state index is -2.76. The molecule has 0 heterocycles. The van der Waals surface area contributed by atoms with Gasteiger partial charge >= 0.3 is 0 Å². The first-order valence-corrected chi connectivity index (χ1v) is 4.34. The highest BCUT2D eigenvalue weighted by atomic mass is 79.9. The fourth-order valence-electron chi connectivity index (χ4n) is 0.990. The van der Waals surface area contributed by atoms with Crippen molar-refractivity contribution in [1.29, 1.82) is 0 Å². The van der Waals surface area contributed by atoms with E-state index in [1.165, 1.54) is 12.1 Å². The zero-order valence-electron chi connectivity index (χ0n) is 6.87. The highest BCUT2D eigenvalue weighted by Gasteiger charge is 2.24. The Morgan fingerprint density at radius 1 is 1.25 bits per heavy atom. The zero-order chi connectivity index (χ0) is 9.35. The molecule has 0 unspecified atom stereocenters. The van der Waals surface area contributed by atoms with E-state index in [0.717, 1.165) is 12.5 Å². The van der Waals surface area contributed by atoms with Gasteiger partial charge in [-0.2, -0.15) is 0 Å². The Morgan fingerprint density at radius 2 is 1.83 bits per heavy atom. The number of alkyl halides is 2. The first kappa shape index (κ1) is 9.65. The lowest BCUT2D eigenvalue weighted by Crippen LogP contribution is -2.06. The fraction of sp³-hybridized carbons (Fsp3) is 0.333. The summed E-state index contributed by atoms with van der Waals surface area (Å²) < 4.78 is 26.3. The van der Waals surface area contributed by atoms with Crippen LogP contribution in [0.3, 0.4) is 0 Å². The van der Waals surface area contributed by atoms with Gasteiger partial charge in [0.1, 0.15) is 0 Å². The van der Waals surface area contributed by atoms with Gasteiger partial charge in [0, 0.05) is 17.0 Å². The van der Waals surface area contributed by atoms with Crippen LogP contribution < -0.4 is 0 Å². The van der Waals surface area contributed by atoms with Gasteiger partial charge in [0.15, 0.2) is 0 Å². The first-order chi connectivity index (χ1) is 5.39. The Labute approximate surface area is 78.7 Å². The van der Waals surface area contributed by atoms with Crippen LogP contribution in [0, 0.1) is 6.92 Å². The maximum absolute atomic E-state index is 12.8. The van der Waals surface area contributed by atoms with Gasteiger partial charge < -0.3 is 0 Å². The maximum atomic E-state index is 12.8. The molecule has 0 amide bonds. The second-order valence-corrected chi connectivity index (χ2v) is 3.82. The van der Waals surface area contributed by atoms with Crippen molar-refractivity contribution in [2.45, 2.75) is 19.8 Å². The van der Waals surface area contributed by atoms with Crippen LogP contribution in [0.1, 0.15) is 18.1 Å². The second kappa shape index (κ2) is 3.13. The highest BCUT2D eigenvalue weighted by Crippen LogP contribution is 2.29. The van der Waals surface area contributed by atoms with Gasteiger partial charge in [-0.05, 0) is 24.6 Å². The van der Waals surface area contributed by atoms with E-state index in [0.29, 0.717) is 4.47 Å². The van der Waals surface area contributed by atoms with Crippen molar-refractivity contribution in [3.8, 4) is 0 Å². The van der Waals surface area contributed by atoms with Crippen molar-refractivity contribution in [3.63, 3.8) is 0 Å². The van der Waals surface area contributed by atoms with E-state index in [9.17, 15) is 8.78 Å². The van der Waals surface area contributed by atoms with Crippen LogP contribution in [0.15, 0.2) is 22.7 Å². The molecule has 0 atom stereocenters. The van der Waals surface area contributed by atoms with Crippen molar-refractivity contribution >= 4 is 15.9 Å². The van der Waals surface area contributed by atoms with Gasteiger partial charge in [-0.15, -0.1) is 0 Å². The van der Waals surface area contributed by atoms with Gasteiger partial charge in [-0.25, -0.2) is 8.78 Å². The summed E-state index contributed by atoms with van der Waals surface area (Å²) >= 11 is 3.17. The lowest BCUT2D eigenvalue weighted by molar-refractivity contribution is 0.0173. The zero-order valence-corrected chi connectivity index (χ0v) is 8.45. The van der Waals surface area contributed by atoms with Gasteiger partial charge in [0.25, 0.3) is 5.92 Å². The first-order valence-electron chi connectivity index (χ1n) is 3.55. The third-order valence-electron chi connectivity index (χ3n) is 1.55. The molecule has 0 aliphatic heterocycles. The minimum absolute atomic E-state index is 0.0503. The molecule has 12 heavy (non-hydrogen) atoms. The molecule has 1 aromatic rings.